The van der Waals surface area contributed by atoms with Gasteiger partial charge in [-0.05, 0) is 25.0 Å². The first-order chi connectivity index (χ1) is 11.7. The third kappa shape index (κ3) is 5.44. The van der Waals surface area contributed by atoms with E-state index in [9.17, 15) is 24.5 Å². The topological polar surface area (TPSA) is 154 Å². The summed E-state index contributed by atoms with van der Waals surface area (Å²) in [6.07, 6.45) is -1.27. The molecule has 25 heavy (non-hydrogen) atoms. The van der Waals surface area contributed by atoms with Gasteiger partial charge < -0.3 is 15.8 Å². The number of hydrogen-bond acceptors (Lipinski definition) is 7. The first-order valence-corrected chi connectivity index (χ1v) is 7.51. The van der Waals surface area contributed by atoms with Crippen LogP contribution in [0.25, 0.3) is 0 Å². The monoisotopic (exact) mass is 352 g/mol. The van der Waals surface area contributed by atoms with Gasteiger partial charge in [0.2, 0.25) is 0 Å². The van der Waals surface area contributed by atoms with E-state index in [1.54, 1.807) is 20.8 Å². The zero-order valence-electron chi connectivity index (χ0n) is 14.1. The number of nitrogens with one attached hydrogen (secondary N) is 2. The Hall–Kier alpha value is -3.17. The Kier molecular flexibility index (Phi) is 6.85. The molecule has 1 aromatic rings. The van der Waals surface area contributed by atoms with E-state index in [4.69, 9.17) is 10.5 Å². The highest BCUT2D eigenvalue weighted by Crippen LogP contribution is 2.26. The van der Waals surface area contributed by atoms with Crippen molar-refractivity contribution in [3.8, 4) is 0 Å². The van der Waals surface area contributed by atoms with Crippen LogP contribution in [-0.4, -0.2) is 35.5 Å². The summed E-state index contributed by atoms with van der Waals surface area (Å²) in [5, 5.41) is 15.8. The molecule has 0 bridgehead atoms. The fraction of sp³-hybridized carbons (Fsp3) is 0.400. The van der Waals surface area contributed by atoms with E-state index in [-0.39, 0.29) is 16.9 Å². The minimum atomic E-state index is -1.27. The van der Waals surface area contributed by atoms with Gasteiger partial charge in [-0.15, -0.1) is 0 Å². The second kappa shape index (κ2) is 8.62. The number of nitrogens with zero attached hydrogens (tertiary/aromatic N) is 1. The molecule has 0 aromatic heterocycles. The Bertz CT molecular complexity index is 689. The molecular formula is C15H20N4O6. The molecule has 0 heterocycles. The minimum Gasteiger partial charge on any atom is -0.448 e. The summed E-state index contributed by atoms with van der Waals surface area (Å²) in [4.78, 5) is 45.4. The van der Waals surface area contributed by atoms with E-state index in [2.05, 4.69) is 5.32 Å². The average Bonchev–Trinajstić information content (AvgIpc) is 2.51. The van der Waals surface area contributed by atoms with Gasteiger partial charge in [0.05, 0.1) is 10.5 Å². The summed E-state index contributed by atoms with van der Waals surface area (Å²) in [6.45, 7) is 5.45. The molecule has 0 saturated carbocycles. The molecule has 1 atom stereocenters. The van der Waals surface area contributed by atoms with Gasteiger partial charge in [0.25, 0.3) is 11.6 Å². The van der Waals surface area contributed by atoms with Crippen LogP contribution in [0.4, 0.5) is 16.2 Å². The average molecular weight is 352 g/mol. The normalized spacial score (nSPS) is 11.5. The summed E-state index contributed by atoms with van der Waals surface area (Å²) in [5.74, 6) is -2.24. The number of esters is 1. The van der Waals surface area contributed by atoms with Gasteiger partial charge in [-0.1, -0.05) is 13.8 Å². The molecule has 10 nitrogen and oxygen atoms in total. The van der Waals surface area contributed by atoms with Crippen LogP contribution in [0.2, 0.25) is 0 Å². The van der Waals surface area contributed by atoms with Crippen molar-refractivity contribution in [2.45, 2.75) is 26.9 Å². The van der Waals surface area contributed by atoms with Crippen LogP contribution in [0.15, 0.2) is 18.2 Å². The largest absolute Gasteiger partial charge is 0.448 e. The maximum absolute atomic E-state index is 12.2. The van der Waals surface area contributed by atoms with Gasteiger partial charge in [-0.3, -0.25) is 20.2 Å². The van der Waals surface area contributed by atoms with Gasteiger partial charge in [-0.2, -0.15) is 0 Å². The molecule has 0 unspecified atom stereocenters. The quantitative estimate of drug-likeness (QED) is 0.381. The molecule has 0 fully saturated rings. The summed E-state index contributed by atoms with van der Waals surface area (Å²) in [7, 11) is 0. The van der Waals surface area contributed by atoms with Crippen LogP contribution >= 0.6 is 0 Å². The number of nitrogens with two attached hydrogens (primary N) is 1. The van der Waals surface area contributed by atoms with E-state index in [1.165, 1.54) is 12.1 Å². The van der Waals surface area contributed by atoms with Gasteiger partial charge in [0.1, 0.15) is 5.69 Å². The predicted octanol–water partition coefficient (Wildman–Crippen LogP) is 1.40. The number of imide groups is 1. The Morgan fingerprint density at radius 3 is 2.44 bits per heavy atom. The second-order valence-electron chi connectivity index (χ2n) is 5.44. The zero-order chi connectivity index (χ0) is 19.1. The molecule has 4 N–H and O–H groups in total. The van der Waals surface area contributed by atoms with E-state index >= 15 is 0 Å². The van der Waals surface area contributed by atoms with Crippen LogP contribution in [0, 0.1) is 16.0 Å². The van der Waals surface area contributed by atoms with E-state index < -0.39 is 34.9 Å². The molecule has 1 aromatic carbocycles. The summed E-state index contributed by atoms with van der Waals surface area (Å²) < 4.78 is 5.09. The molecule has 0 aliphatic carbocycles. The van der Waals surface area contributed by atoms with Crippen molar-refractivity contribution >= 4 is 29.3 Å². The molecule has 0 aliphatic heterocycles. The Balaban J connectivity index is 3.05. The number of benzene rings is 1. The number of ether oxygens (including phenoxy) is 1. The molecule has 10 heteroatoms. The molecule has 0 aliphatic rings. The van der Waals surface area contributed by atoms with Gasteiger partial charge in [0, 0.05) is 12.6 Å². The number of primary amides is 1. The summed E-state index contributed by atoms with van der Waals surface area (Å²) in [6, 6.07) is 2.71. The van der Waals surface area contributed by atoms with E-state index in [0.717, 1.165) is 6.07 Å². The zero-order valence-corrected chi connectivity index (χ0v) is 14.1. The number of hydrogen-bond donors (Lipinski definition) is 3. The number of urea groups is 1. The SMILES string of the molecule is CCNc1ccc(C(=O)O[C@H](C(=O)NC(N)=O)C(C)C)cc1[N+](=O)[O-]. The lowest BCUT2D eigenvalue weighted by molar-refractivity contribution is -0.384. The minimum absolute atomic E-state index is 0.0918. The van der Waals surface area contributed by atoms with Crippen LogP contribution < -0.4 is 16.4 Å². The summed E-state index contributed by atoms with van der Waals surface area (Å²) in [5.41, 5.74) is 4.75. The number of nitro benzene ring substituents is 1. The number of nitro groups is 1. The molecular weight excluding hydrogens is 332 g/mol. The molecule has 0 saturated heterocycles. The number of carbonyl (C=O) groups is 3. The number of anilines is 1. The van der Waals surface area contributed by atoms with E-state index in [1.807, 2.05) is 5.32 Å². The first-order valence-electron chi connectivity index (χ1n) is 7.51. The van der Waals surface area contributed by atoms with Crippen molar-refractivity contribution in [1.29, 1.82) is 0 Å². The van der Waals surface area contributed by atoms with Crippen molar-refractivity contribution in [3.05, 3.63) is 33.9 Å². The van der Waals surface area contributed by atoms with Crippen LogP contribution in [-0.2, 0) is 9.53 Å². The smallest absolute Gasteiger partial charge is 0.339 e. The Labute approximate surface area is 143 Å². The number of amides is 3. The lowest BCUT2D eigenvalue weighted by Crippen LogP contribution is -2.45. The fourth-order valence-electron chi connectivity index (χ4n) is 2.02. The highest BCUT2D eigenvalue weighted by molar-refractivity contribution is 5.98. The van der Waals surface area contributed by atoms with Crippen molar-refractivity contribution in [3.63, 3.8) is 0 Å². The van der Waals surface area contributed by atoms with Crippen molar-refractivity contribution in [2.75, 3.05) is 11.9 Å². The summed E-state index contributed by atoms with van der Waals surface area (Å²) >= 11 is 0. The highest BCUT2D eigenvalue weighted by atomic mass is 16.6. The van der Waals surface area contributed by atoms with Crippen molar-refractivity contribution < 1.29 is 24.0 Å². The molecule has 0 spiro atoms. The third-order valence-corrected chi connectivity index (χ3v) is 3.14. The van der Waals surface area contributed by atoms with Gasteiger partial charge >= 0.3 is 12.0 Å². The van der Waals surface area contributed by atoms with Gasteiger partial charge in [-0.25, -0.2) is 9.59 Å². The highest BCUT2D eigenvalue weighted by Gasteiger charge is 2.28. The van der Waals surface area contributed by atoms with Crippen LogP contribution in [0.1, 0.15) is 31.1 Å². The third-order valence-electron chi connectivity index (χ3n) is 3.14. The number of rotatable bonds is 7. The molecule has 1 rings (SSSR count). The lowest BCUT2D eigenvalue weighted by Gasteiger charge is -2.19. The second-order valence-corrected chi connectivity index (χ2v) is 5.44. The fourth-order valence-corrected chi connectivity index (χ4v) is 2.02. The number of carbonyl (C=O) groups excluding carboxylic acids is 3. The standard InChI is InChI=1S/C15H20N4O6/c1-4-17-10-6-5-9(7-11(10)19(23)24)14(21)25-12(8(2)3)13(20)18-15(16)22/h5-8,12,17H,4H2,1-3H3,(H3,16,18,20,22)/t12-/m0/s1. The molecule has 136 valence electrons. The predicted molar refractivity (Wildman–Crippen MR) is 89.0 cm³/mol. The van der Waals surface area contributed by atoms with Crippen molar-refractivity contribution in [1.82, 2.24) is 5.32 Å². The van der Waals surface area contributed by atoms with Gasteiger partial charge in [0.15, 0.2) is 6.10 Å². The van der Waals surface area contributed by atoms with Crippen LogP contribution in [0.3, 0.4) is 0 Å². The molecule has 3 amide bonds. The maximum atomic E-state index is 12.2. The van der Waals surface area contributed by atoms with E-state index in [0.29, 0.717) is 6.54 Å². The molecule has 0 radical (unpaired) electrons. The van der Waals surface area contributed by atoms with Crippen molar-refractivity contribution in [2.24, 2.45) is 11.7 Å². The Morgan fingerprint density at radius 2 is 1.96 bits per heavy atom. The van der Waals surface area contributed by atoms with Crippen LogP contribution in [0.5, 0.6) is 0 Å². The lowest BCUT2D eigenvalue weighted by atomic mass is 10.1. The Morgan fingerprint density at radius 1 is 1.32 bits per heavy atom. The maximum Gasteiger partial charge on any atom is 0.339 e. The first kappa shape index (κ1) is 19.9.